The van der Waals surface area contributed by atoms with Crippen molar-refractivity contribution in [3.05, 3.63) is 80.3 Å². The second-order valence-electron chi connectivity index (χ2n) is 5.04. The Hall–Kier alpha value is -2.56. The molecule has 0 bridgehead atoms. The topological polar surface area (TPSA) is 66.0 Å². The molecule has 2 N–H and O–H groups in total. The Balaban J connectivity index is 1.93. The Morgan fingerprint density at radius 3 is 2.08 bits per heavy atom. The lowest BCUT2D eigenvalue weighted by atomic mass is 10.1. The molecule has 24 heavy (non-hydrogen) atoms. The van der Waals surface area contributed by atoms with Crippen molar-refractivity contribution in [2.24, 2.45) is 0 Å². The molecule has 0 aliphatic heterocycles. The maximum Gasteiger partial charge on any atom is 0.262 e. The van der Waals surface area contributed by atoms with Gasteiger partial charge in [0.15, 0.2) is 0 Å². The molecule has 0 fully saturated rings. The molecule has 1 aromatic heterocycles. The summed E-state index contributed by atoms with van der Waals surface area (Å²) in [5, 5.41) is 11.3. The molecule has 0 aliphatic carbocycles. The second-order valence-corrected chi connectivity index (χ2v) is 5.91. The molecule has 6 heteroatoms. The van der Waals surface area contributed by atoms with E-state index in [-0.39, 0.29) is 17.3 Å². The molecule has 0 unspecified atom stereocenters. The fraction of sp³-hybridized carbons (Fsp3) is 0. The number of hydrogen-bond donors (Lipinski definition) is 2. The van der Waals surface area contributed by atoms with Gasteiger partial charge in [-0.3, -0.25) is 4.79 Å². The number of hydrogen-bond acceptors (Lipinski definition) is 3. The van der Waals surface area contributed by atoms with Gasteiger partial charge in [-0.15, -0.1) is 0 Å². The predicted octanol–water partition coefficient (Wildman–Crippen LogP) is 4.62. The van der Waals surface area contributed by atoms with Crippen LogP contribution >= 0.6 is 23.2 Å². The number of benzene rings is 2. The van der Waals surface area contributed by atoms with Crippen molar-refractivity contribution in [2.75, 3.05) is 0 Å². The summed E-state index contributed by atoms with van der Waals surface area (Å²) in [4.78, 5) is 18.9. The number of halogens is 2. The van der Waals surface area contributed by atoms with Crippen molar-refractivity contribution in [3.63, 3.8) is 0 Å². The van der Waals surface area contributed by atoms with Crippen molar-refractivity contribution in [2.45, 2.75) is 0 Å². The van der Waals surface area contributed by atoms with Crippen molar-refractivity contribution in [1.82, 2.24) is 9.97 Å². The van der Waals surface area contributed by atoms with Gasteiger partial charge in [-0.1, -0.05) is 53.5 Å². The number of rotatable bonds is 3. The summed E-state index contributed by atoms with van der Waals surface area (Å²) < 4.78 is 0. The van der Waals surface area contributed by atoms with Gasteiger partial charge < -0.3 is 10.1 Å². The SMILES string of the molecule is O=c1[nH]c(/C=C/c2ccc(Cl)cc2)nc(O)c1-c1ccc(Cl)cc1. The van der Waals surface area contributed by atoms with E-state index in [0.29, 0.717) is 15.6 Å². The van der Waals surface area contributed by atoms with Crippen molar-refractivity contribution >= 4 is 35.4 Å². The van der Waals surface area contributed by atoms with Crippen LogP contribution in [-0.2, 0) is 0 Å². The Bertz CT molecular complexity index is 946. The van der Waals surface area contributed by atoms with Crippen LogP contribution in [0.25, 0.3) is 23.3 Å². The standard InChI is InChI=1S/C18H12Cl2N2O2/c19-13-6-1-11(2-7-13)3-10-15-21-17(23)16(18(24)22-15)12-4-8-14(20)9-5-12/h1-10H,(H2,21,22,23,24)/b10-3+. The third-order valence-electron chi connectivity index (χ3n) is 3.36. The van der Waals surface area contributed by atoms with Crippen LogP contribution in [0, 0.1) is 0 Å². The number of nitrogens with zero attached hydrogens (tertiary/aromatic N) is 1. The fourth-order valence-corrected chi connectivity index (χ4v) is 2.44. The lowest BCUT2D eigenvalue weighted by molar-refractivity contribution is 0.453. The Morgan fingerprint density at radius 1 is 0.917 bits per heavy atom. The zero-order valence-corrected chi connectivity index (χ0v) is 13.8. The minimum absolute atomic E-state index is 0.107. The highest BCUT2D eigenvalue weighted by atomic mass is 35.5. The summed E-state index contributed by atoms with van der Waals surface area (Å²) in [7, 11) is 0. The minimum Gasteiger partial charge on any atom is -0.493 e. The van der Waals surface area contributed by atoms with Crippen LogP contribution in [0.4, 0.5) is 0 Å². The first-order valence-electron chi connectivity index (χ1n) is 7.06. The average molecular weight is 359 g/mol. The van der Waals surface area contributed by atoms with E-state index in [1.54, 1.807) is 48.6 Å². The third kappa shape index (κ3) is 3.67. The van der Waals surface area contributed by atoms with E-state index in [1.807, 2.05) is 12.1 Å². The highest BCUT2D eigenvalue weighted by molar-refractivity contribution is 6.30. The van der Waals surface area contributed by atoms with Gasteiger partial charge >= 0.3 is 0 Å². The lowest BCUT2D eigenvalue weighted by Crippen LogP contribution is -2.12. The molecule has 0 aliphatic rings. The van der Waals surface area contributed by atoms with E-state index in [9.17, 15) is 9.90 Å². The van der Waals surface area contributed by atoms with Gasteiger partial charge in [0.2, 0.25) is 5.88 Å². The molecular formula is C18H12Cl2N2O2. The van der Waals surface area contributed by atoms with Gasteiger partial charge in [0.1, 0.15) is 11.4 Å². The van der Waals surface area contributed by atoms with E-state index in [4.69, 9.17) is 23.2 Å². The largest absolute Gasteiger partial charge is 0.493 e. The van der Waals surface area contributed by atoms with Crippen molar-refractivity contribution < 1.29 is 5.11 Å². The van der Waals surface area contributed by atoms with Crippen LogP contribution in [0.3, 0.4) is 0 Å². The van der Waals surface area contributed by atoms with E-state index in [2.05, 4.69) is 9.97 Å². The molecule has 0 radical (unpaired) electrons. The zero-order chi connectivity index (χ0) is 17.1. The molecular weight excluding hydrogens is 347 g/mol. The van der Waals surface area contributed by atoms with Crippen LogP contribution in [-0.4, -0.2) is 15.1 Å². The van der Waals surface area contributed by atoms with Crippen LogP contribution in [0.5, 0.6) is 5.88 Å². The van der Waals surface area contributed by atoms with E-state index in [0.717, 1.165) is 5.56 Å². The first-order chi connectivity index (χ1) is 11.5. The number of H-pyrrole nitrogens is 1. The van der Waals surface area contributed by atoms with Gasteiger partial charge in [0.05, 0.1) is 0 Å². The second kappa shape index (κ2) is 6.91. The number of aromatic amines is 1. The van der Waals surface area contributed by atoms with Crippen molar-refractivity contribution in [1.29, 1.82) is 0 Å². The predicted molar refractivity (Wildman–Crippen MR) is 97.3 cm³/mol. The number of nitrogens with one attached hydrogen (secondary N) is 1. The molecule has 2 aromatic carbocycles. The first kappa shape index (κ1) is 16.3. The molecule has 120 valence electrons. The number of aromatic hydroxyl groups is 1. The van der Waals surface area contributed by atoms with Crippen LogP contribution in [0.15, 0.2) is 53.3 Å². The molecule has 0 saturated carbocycles. The summed E-state index contributed by atoms with van der Waals surface area (Å²) >= 11 is 11.7. The lowest BCUT2D eigenvalue weighted by Gasteiger charge is -2.04. The Morgan fingerprint density at radius 2 is 1.50 bits per heavy atom. The molecule has 1 heterocycles. The third-order valence-corrected chi connectivity index (χ3v) is 3.86. The molecule has 3 aromatic rings. The highest BCUT2D eigenvalue weighted by Crippen LogP contribution is 2.25. The zero-order valence-electron chi connectivity index (χ0n) is 12.3. The quantitative estimate of drug-likeness (QED) is 0.717. The fourth-order valence-electron chi connectivity index (χ4n) is 2.18. The van der Waals surface area contributed by atoms with E-state index in [1.165, 1.54) is 0 Å². The smallest absolute Gasteiger partial charge is 0.262 e. The summed E-state index contributed by atoms with van der Waals surface area (Å²) in [6.45, 7) is 0. The normalized spacial score (nSPS) is 11.1. The molecule has 0 spiro atoms. The summed E-state index contributed by atoms with van der Waals surface area (Å²) in [6.07, 6.45) is 3.37. The van der Waals surface area contributed by atoms with Gasteiger partial charge in [0, 0.05) is 10.0 Å². The average Bonchev–Trinajstić information content (AvgIpc) is 2.55. The van der Waals surface area contributed by atoms with Gasteiger partial charge in [-0.2, -0.15) is 4.98 Å². The van der Waals surface area contributed by atoms with Gasteiger partial charge in [-0.05, 0) is 41.5 Å². The first-order valence-corrected chi connectivity index (χ1v) is 7.81. The minimum atomic E-state index is -0.430. The maximum absolute atomic E-state index is 12.3. The highest BCUT2D eigenvalue weighted by Gasteiger charge is 2.12. The summed E-state index contributed by atoms with van der Waals surface area (Å²) in [6, 6.07) is 13.8. The van der Waals surface area contributed by atoms with Crippen LogP contribution in [0.1, 0.15) is 11.4 Å². The maximum atomic E-state index is 12.3. The summed E-state index contributed by atoms with van der Waals surface area (Å²) in [5.74, 6) is -0.0815. The van der Waals surface area contributed by atoms with Crippen LogP contribution in [0.2, 0.25) is 10.0 Å². The van der Waals surface area contributed by atoms with Crippen LogP contribution < -0.4 is 5.56 Å². The molecule has 0 saturated heterocycles. The molecule has 0 atom stereocenters. The van der Waals surface area contributed by atoms with Gasteiger partial charge in [0.25, 0.3) is 5.56 Å². The monoisotopic (exact) mass is 358 g/mol. The molecule has 3 rings (SSSR count). The molecule has 4 nitrogen and oxygen atoms in total. The summed E-state index contributed by atoms with van der Waals surface area (Å²) in [5.41, 5.74) is 1.11. The Kier molecular flexibility index (Phi) is 4.69. The van der Waals surface area contributed by atoms with Crippen molar-refractivity contribution in [3.8, 4) is 17.0 Å². The van der Waals surface area contributed by atoms with E-state index < -0.39 is 5.56 Å². The number of aromatic nitrogens is 2. The van der Waals surface area contributed by atoms with Gasteiger partial charge in [-0.25, -0.2) is 0 Å². The molecule has 0 amide bonds. The van der Waals surface area contributed by atoms with E-state index >= 15 is 0 Å². The Labute approximate surface area is 148 Å².